The van der Waals surface area contributed by atoms with E-state index in [-0.39, 0.29) is 5.60 Å². The molecule has 1 aromatic carbocycles. The largest absolute Gasteiger partial charge is 0.493 e. The van der Waals surface area contributed by atoms with Crippen LogP contribution in [0.2, 0.25) is 0 Å². The molecule has 1 aliphatic heterocycles. The molecule has 3 aliphatic rings. The molecule has 1 heterocycles. The summed E-state index contributed by atoms with van der Waals surface area (Å²) in [5.74, 6) is 1.64. The molecule has 0 atom stereocenters. The van der Waals surface area contributed by atoms with Crippen molar-refractivity contribution in [3.05, 3.63) is 23.8 Å². The van der Waals surface area contributed by atoms with Crippen LogP contribution in [0.25, 0.3) is 0 Å². The average molecular weight is 343 g/mol. The van der Waals surface area contributed by atoms with Crippen LogP contribution >= 0.6 is 0 Å². The van der Waals surface area contributed by atoms with E-state index in [4.69, 9.17) is 14.3 Å². The molecule has 0 radical (unpaired) electrons. The summed E-state index contributed by atoms with van der Waals surface area (Å²) >= 11 is 0. The highest BCUT2D eigenvalue weighted by Crippen LogP contribution is 2.39. The number of benzene rings is 1. The SMILES string of the molecule is COc1ccc(C2=NOC3(CCCCC3)CC2)cc1OC1CCCC1. The van der Waals surface area contributed by atoms with Crippen molar-refractivity contribution in [1.29, 1.82) is 0 Å². The second kappa shape index (κ2) is 7.27. The van der Waals surface area contributed by atoms with Crippen LogP contribution in [0.1, 0.15) is 76.2 Å². The third-order valence-corrected chi connectivity index (χ3v) is 6.02. The van der Waals surface area contributed by atoms with Gasteiger partial charge in [0.05, 0.1) is 18.9 Å². The predicted octanol–water partition coefficient (Wildman–Crippen LogP) is 5.23. The van der Waals surface area contributed by atoms with Crippen molar-refractivity contribution >= 4 is 5.71 Å². The fourth-order valence-corrected chi connectivity index (χ4v) is 4.46. The van der Waals surface area contributed by atoms with Crippen molar-refractivity contribution in [1.82, 2.24) is 0 Å². The summed E-state index contributed by atoms with van der Waals surface area (Å²) in [4.78, 5) is 6.02. The van der Waals surface area contributed by atoms with E-state index in [0.717, 1.165) is 61.3 Å². The summed E-state index contributed by atoms with van der Waals surface area (Å²) in [6.45, 7) is 0. The van der Waals surface area contributed by atoms with Crippen molar-refractivity contribution < 1.29 is 14.3 Å². The Morgan fingerprint density at radius 1 is 1.00 bits per heavy atom. The second-order valence-corrected chi connectivity index (χ2v) is 7.76. The lowest BCUT2D eigenvalue weighted by Gasteiger charge is -2.37. The average Bonchev–Trinajstić information content (AvgIpc) is 3.16. The first-order chi connectivity index (χ1) is 12.3. The van der Waals surface area contributed by atoms with E-state index in [1.807, 2.05) is 6.07 Å². The Labute approximate surface area is 150 Å². The lowest BCUT2D eigenvalue weighted by molar-refractivity contribution is -0.0808. The number of methoxy groups -OCH3 is 1. The predicted molar refractivity (Wildman–Crippen MR) is 98.6 cm³/mol. The van der Waals surface area contributed by atoms with Gasteiger partial charge in [-0.15, -0.1) is 0 Å². The molecule has 2 fully saturated rings. The van der Waals surface area contributed by atoms with Gasteiger partial charge in [-0.3, -0.25) is 0 Å². The molecule has 1 spiro atoms. The zero-order chi connectivity index (χ0) is 17.1. The van der Waals surface area contributed by atoms with Gasteiger partial charge in [0.1, 0.15) is 5.60 Å². The molecular formula is C21H29NO3. The van der Waals surface area contributed by atoms with Crippen molar-refractivity contribution in [2.24, 2.45) is 5.16 Å². The minimum absolute atomic E-state index is 0.0113. The molecule has 0 amide bonds. The molecule has 4 heteroatoms. The molecule has 0 aromatic heterocycles. The molecule has 4 nitrogen and oxygen atoms in total. The van der Waals surface area contributed by atoms with Crippen LogP contribution in [0.4, 0.5) is 0 Å². The highest BCUT2D eigenvalue weighted by molar-refractivity contribution is 6.01. The monoisotopic (exact) mass is 343 g/mol. The number of nitrogens with zero attached hydrogens (tertiary/aromatic N) is 1. The first kappa shape index (κ1) is 16.7. The van der Waals surface area contributed by atoms with Crippen LogP contribution in [0.15, 0.2) is 23.4 Å². The Morgan fingerprint density at radius 2 is 1.80 bits per heavy atom. The summed E-state index contributed by atoms with van der Waals surface area (Å²) in [7, 11) is 1.70. The summed E-state index contributed by atoms with van der Waals surface area (Å²) < 4.78 is 11.7. The van der Waals surface area contributed by atoms with Crippen LogP contribution in [0, 0.1) is 0 Å². The molecule has 1 aromatic rings. The van der Waals surface area contributed by atoms with Gasteiger partial charge in [0, 0.05) is 5.56 Å². The summed E-state index contributed by atoms with van der Waals surface area (Å²) in [6.07, 6.45) is 13.4. The molecule has 0 bridgehead atoms. The lowest BCUT2D eigenvalue weighted by atomic mass is 9.80. The number of hydrogen-bond donors (Lipinski definition) is 0. The number of ether oxygens (including phenoxy) is 2. The molecule has 0 N–H and O–H groups in total. The van der Waals surface area contributed by atoms with Crippen molar-refractivity contribution in [2.45, 2.75) is 82.3 Å². The standard InChI is InChI=1S/C21H29NO3/c1-23-19-10-9-16(15-20(19)24-17-7-3-4-8-17)18-11-14-21(25-22-18)12-5-2-6-13-21/h9-10,15,17H,2-8,11-14H2,1H3. The lowest BCUT2D eigenvalue weighted by Crippen LogP contribution is -2.37. The Hall–Kier alpha value is -1.71. The van der Waals surface area contributed by atoms with Gasteiger partial charge in [0.15, 0.2) is 11.5 Å². The van der Waals surface area contributed by atoms with E-state index in [2.05, 4.69) is 17.3 Å². The second-order valence-electron chi connectivity index (χ2n) is 7.76. The fourth-order valence-electron chi connectivity index (χ4n) is 4.46. The number of oxime groups is 1. The molecule has 4 rings (SSSR count). The van der Waals surface area contributed by atoms with Crippen molar-refractivity contribution in [3.63, 3.8) is 0 Å². The van der Waals surface area contributed by atoms with Gasteiger partial charge in [-0.1, -0.05) is 11.6 Å². The Bertz CT molecular complexity index is 628. The van der Waals surface area contributed by atoms with Gasteiger partial charge >= 0.3 is 0 Å². The quantitative estimate of drug-likeness (QED) is 0.751. The molecule has 0 saturated heterocycles. The van der Waals surface area contributed by atoms with Gasteiger partial charge in [0.25, 0.3) is 0 Å². The topological polar surface area (TPSA) is 40.0 Å². The maximum absolute atomic E-state index is 6.22. The third-order valence-electron chi connectivity index (χ3n) is 6.02. The van der Waals surface area contributed by atoms with Crippen LogP contribution in [-0.4, -0.2) is 24.5 Å². The van der Waals surface area contributed by atoms with Crippen LogP contribution in [0.3, 0.4) is 0 Å². The molecular weight excluding hydrogens is 314 g/mol. The maximum atomic E-state index is 6.22. The van der Waals surface area contributed by atoms with E-state index in [1.54, 1.807) is 7.11 Å². The van der Waals surface area contributed by atoms with Crippen molar-refractivity contribution in [3.8, 4) is 11.5 Å². The molecule has 0 unspecified atom stereocenters. The zero-order valence-corrected chi connectivity index (χ0v) is 15.3. The van der Waals surface area contributed by atoms with E-state index in [0.29, 0.717) is 6.10 Å². The van der Waals surface area contributed by atoms with E-state index in [9.17, 15) is 0 Å². The number of rotatable bonds is 4. The van der Waals surface area contributed by atoms with Crippen LogP contribution in [-0.2, 0) is 4.84 Å². The Kier molecular flexibility index (Phi) is 4.87. The van der Waals surface area contributed by atoms with Gasteiger partial charge in [0.2, 0.25) is 0 Å². The smallest absolute Gasteiger partial charge is 0.162 e. The zero-order valence-electron chi connectivity index (χ0n) is 15.3. The number of hydrogen-bond acceptors (Lipinski definition) is 4. The highest BCUT2D eigenvalue weighted by Gasteiger charge is 2.37. The minimum Gasteiger partial charge on any atom is -0.493 e. The third kappa shape index (κ3) is 3.63. The van der Waals surface area contributed by atoms with Gasteiger partial charge < -0.3 is 14.3 Å². The van der Waals surface area contributed by atoms with Crippen LogP contribution < -0.4 is 9.47 Å². The normalized spacial score (nSPS) is 23.2. The van der Waals surface area contributed by atoms with Crippen LogP contribution in [0.5, 0.6) is 11.5 Å². The van der Waals surface area contributed by atoms with Gasteiger partial charge in [-0.25, -0.2) is 0 Å². The molecule has 2 aliphatic carbocycles. The highest BCUT2D eigenvalue weighted by atomic mass is 16.7. The summed E-state index contributed by atoms with van der Waals surface area (Å²) in [5, 5.41) is 4.53. The molecule has 2 saturated carbocycles. The Balaban J connectivity index is 1.52. The van der Waals surface area contributed by atoms with Crippen molar-refractivity contribution in [2.75, 3.05) is 7.11 Å². The van der Waals surface area contributed by atoms with E-state index >= 15 is 0 Å². The summed E-state index contributed by atoms with van der Waals surface area (Å²) in [5.41, 5.74) is 2.15. The Morgan fingerprint density at radius 3 is 2.48 bits per heavy atom. The summed E-state index contributed by atoms with van der Waals surface area (Å²) in [6, 6.07) is 6.15. The van der Waals surface area contributed by atoms with Gasteiger partial charge in [-0.05, 0) is 82.4 Å². The fraction of sp³-hybridized carbons (Fsp3) is 0.667. The van der Waals surface area contributed by atoms with E-state index < -0.39 is 0 Å². The minimum atomic E-state index is 0.0113. The van der Waals surface area contributed by atoms with E-state index in [1.165, 1.54) is 32.1 Å². The first-order valence-corrected chi connectivity index (χ1v) is 9.88. The molecule has 25 heavy (non-hydrogen) atoms. The maximum Gasteiger partial charge on any atom is 0.162 e. The molecule has 136 valence electrons. The first-order valence-electron chi connectivity index (χ1n) is 9.88. The van der Waals surface area contributed by atoms with Gasteiger partial charge in [-0.2, -0.15) is 0 Å².